The van der Waals surface area contributed by atoms with E-state index in [1.165, 1.54) is 19.1 Å². The number of esters is 1. The first-order valence-electron chi connectivity index (χ1n) is 11.0. The van der Waals surface area contributed by atoms with Gasteiger partial charge in [0.15, 0.2) is 22.8 Å². The van der Waals surface area contributed by atoms with Crippen molar-refractivity contribution in [3.8, 4) is 0 Å². The maximum atomic E-state index is 17.1. The van der Waals surface area contributed by atoms with Crippen LogP contribution in [0.3, 0.4) is 0 Å². The Hall–Kier alpha value is -1.47. The van der Waals surface area contributed by atoms with Gasteiger partial charge in [0, 0.05) is 29.6 Å². The van der Waals surface area contributed by atoms with Crippen LogP contribution in [0.1, 0.15) is 53.4 Å². The summed E-state index contributed by atoms with van der Waals surface area (Å²) in [5.74, 6) is -2.24. The molecule has 8 atom stereocenters. The summed E-state index contributed by atoms with van der Waals surface area (Å²) in [6.45, 7) is 6.77. The predicted octanol–water partition coefficient (Wildman–Crippen LogP) is 3.40. The zero-order chi connectivity index (χ0) is 23.0. The molecule has 0 aromatic rings. The van der Waals surface area contributed by atoms with E-state index in [4.69, 9.17) is 4.74 Å². The Bertz CT molecular complexity index is 914. The maximum Gasteiger partial charge on any atom is 0.303 e. The largest absolute Gasteiger partial charge is 0.450 e. The van der Waals surface area contributed by atoms with E-state index in [-0.39, 0.29) is 35.6 Å². The standard InChI is InChI=1S/C24H31FO5S/c1-13-9-18-17-6-5-15-10-16(27)7-8-21(15,3)23(17,25)19(28)11-22(18,4)24(13,20(29)12-31)30-14(2)26/h7-8,10,13,17-19,28,31H,5-6,9,11-12H2,1-4H3/t13-,17-,18-,19-,21-,22-,23?,24-/m0/s1. The molecule has 5 nitrogen and oxygen atoms in total. The fourth-order valence-electron chi connectivity index (χ4n) is 7.74. The van der Waals surface area contributed by atoms with Gasteiger partial charge in [0.25, 0.3) is 0 Å². The molecule has 3 saturated carbocycles. The minimum absolute atomic E-state index is 0.00748. The van der Waals surface area contributed by atoms with Crippen molar-refractivity contribution in [3.05, 3.63) is 23.8 Å². The Kier molecular flexibility index (Phi) is 5.14. The van der Waals surface area contributed by atoms with Gasteiger partial charge in [0.1, 0.15) is 0 Å². The minimum atomic E-state index is -1.98. The van der Waals surface area contributed by atoms with Crippen molar-refractivity contribution in [3.63, 3.8) is 0 Å². The zero-order valence-electron chi connectivity index (χ0n) is 18.5. The molecule has 4 rings (SSSR count). The Balaban J connectivity index is 1.86. The minimum Gasteiger partial charge on any atom is -0.450 e. The smallest absolute Gasteiger partial charge is 0.303 e. The van der Waals surface area contributed by atoms with Crippen molar-refractivity contribution in [1.82, 2.24) is 0 Å². The van der Waals surface area contributed by atoms with E-state index < -0.39 is 40.1 Å². The van der Waals surface area contributed by atoms with E-state index >= 15 is 4.39 Å². The first-order valence-corrected chi connectivity index (χ1v) is 11.7. The number of ketones is 2. The third-order valence-corrected chi connectivity index (χ3v) is 9.33. The Morgan fingerprint density at radius 3 is 2.61 bits per heavy atom. The zero-order valence-corrected chi connectivity index (χ0v) is 19.4. The van der Waals surface area contributed by atoms with Crippen LogP contribution in [0.15, 0.2) is 23.8 Å². The molecular formula is C24H31FO5S. The molecule has 0 bridgehead atoms. The Morgan fingerprint density at radius 2 is 2.00 bits per heavy atom. The summed E-state index contributed by atoms with van der Waals surface area (Å²) < 4.78 is 22.9. The van der Waals surface area contributed by atoms with E-state index in [1.54, 1.807) is 13.0 Å². The van der Waals surface area contributed by atoms with Crippen LogP contribution in [0.25, 0.3) is 0 Å². The van der Waals surface area contributed by atoms with Gasteiger partial charge in [-0.05, 0) is 50.7 Å². The second-order valence-corrected chi connectivity index (χ2v) is 10.6. The molecule has 170 valence electrons. The van der Waals surface area contributed by atoms with Crippen LogP contribution in [0, 0.1) is 28.6 Å². The number of rotatable bonds is 3. The average molecular weight is 451 g/mol. The van der Waals surface area contributed by atoms with Gasteiger partial charge < -0.3 is 9.84 Å². The summed E-state index contributed by atoms with van der Waals surface area (Å²) in [5.41, 5.74) is -4.71. The lowest BCUT2D eigenvalue weighted by molar-refractivity contribution is -0.226. The van der Waals surface area contributed by atoms with Crippen LogP contribution >= 0.6 is 12.6 Å². The number of carbonyl (C=O) groups excluding carboxylic acids is 3. The summed E-state index contributed by atoms with van der Waals surface area (Å²) in [7, 11) is 0. The number of ether oxygens (including phenoxy) is 1. The third-order valence-electron chi connectivity index (χ3n) is 9.04. The lowest BCUT2D eigenvalue weighted by Crippen LogP contribution is -2.70. The molecule has 1 N–H and O–H groups in total. The van der Waals surface area contributed by atoms with Crippen LogP contribution in [-0.4, -0.2) is 45.8 Å². The van der Waals surface area contributed by atoms with Gasteiger partial charge in [-0.2, -0.15) is 12.6 Å². The van der Waals surface area contributed by atoms with E-state index in [0.717, 1.165) is 0 Å². The van der Waals surface area contributed by atoms with Crippen LogP contribution in [0.4, 0.5) is 4.39 Å². The van der Waals surface area contributed by atoms with Crippen molar-refractivity contribution in [2.75, 3.05) is 5.75 Å². The van der Waals surface area contributed by atoms with E-state index in [1.807, 2.05) is 13.8 Å². The van der Waals surface area contributed by atoms with Crippen molar-refractivity contribution < 1.29 is 28.6 Å². The van der Waals surface area contributed by atoms with Gasteiger partial charge in [-0.15, -0.1) is 0 Å². The molecule has 0 aromatic heterocycles. The lowest BCUT2D eigenvalue weighted by Gasteiger charge is -2.62. The van der Waals surface area contributed by atoms with Crippen molar-refractivity contribution in [2.45, 2.75) is 70.8 Å². The number of alkyl halides is 1. The van der Waals surface area contributed by atoms with Gasteiger partial charge in [-0.25, -0.2) is 4.39 Å². The van der Waals surface area contributed by atoms with E-state index in [0.29, 0.717) is 24.8 Å². The molecular weight excluding hydrogens is 419 g/mol. The Labute approximate surface area is 187 Å². The average Bonchev–Trinajstić information content (AvgIpc) is 2.90. The van der Waals surface area contributed by atoms with Gasteiger partial charge in [-0.3, -0.25) is 14.4 Å². The number of hydrogen-bond acceptors (Lipinski definition) is 6. The summed E-state index contributed by atoms with van der Waals surface area (Å²) in [5, 5.41) is 11.4. The van der Waals surface area contributed by atoms with Gasteiger partial charge in [0.05, 0.1) is 11.9 Å². The quantitative estimate of drug-likeness (QED) is 0.509. The molecule has 3 fully saturated rings. The SMILES string of the molecule is CC(=O)O[C@]1(C(=O)CS)[C@@H](C)C[C@H]2[C@@H]3CCC4=CC(=O)C=C[C@]4(C)C3(F)[C@@H](O)C[C@@]21C. The van der Waals surface area contributed by atoms with Gasteiger partial charge in [0.2, 0.25) is 0 Å². The molecule has 1 unspecified atom stereocenters. The molecule has 0 radical (unpaired) electrons. The highest BCUT2D eigenvalue weighted by Crippen LogP contribution is 2.71. The van der Waals surface area contributed by atoms with Crippen LogP contribution in [0.2, 0.25) is 0 Å². The van der Waals surface area contributed by atoms with Gasteiger partial charge >= 0.3 is 5.97 Å². The lowest BCUT2D eigenvalue weighted by atomic mass is 9.44. The molecule has 0 amide bonds. The molecule has 0 spiro atoms. The third kappa shape index (κ3) is 2.62. The molecule has 0 aliphatic heterocycles. The van der Waals surface area contributed by atoms with Crippen LogP contribution in [0.5, 0.6) is 0 Å². The predicted molar refractivity (Wildman–Crippen MR) is 116 cm³/mol. The number of hydrogen-bond donors (Lipinski definition) is 2. The molecule has 4 aliphatic carbocycles. The normalized spacial score (nSPS) is 48.4. The fraction of sp³-hybridized carbons (Fsp3) is 0.708. The van der Waals surface area contributed by atoms with E-state index in [2.05, 4.69) is 12.6 Å². The number of aliphatic hydroxyl groups is 1. The first-order chi connectivity index (χ1) is 14.4. The van der Waals surface area contributed by atoms with Crippen molar-refractivity contribution >= 4 is 30.2 Å². The molecule has 0 saturated heterocycles. The monoisotopic (exact) mass is 450 g/mol. The van der Waals surface area contributed by atoms with Crippen LogP contribution < -0.4 is 0 Å². The summed E-state index contributed by atoms with van der Waals surface area (Å²) >= 11 is 4.19. The molecule has 31 heavy (non-hydrogen) atoms. The Morgan fingerprint density at radius 1 is 1.32 bits per heavy atom. The number of halogens is 1. The molecule has 0 aromatic carbocycles. The summed E-state index contributed by atoms with van der Waals surface area (Å²) in [4.78, 5) is 37.3. The van der Waals surface area contributed by atoms with E-state index in [9.17, 15) is 19.5 Å². The van der Waals surface area contributed by atoms with Crippen molar-refractivity contribution in [1.29, 1.82) is 0 Å². The maximum absolute atomic E-state index is 17.1. The number of thiol groups is 1. The summed E-state index contributed by atoms with van der Waals surface area (Å²) in [6.07, 6.45) is 4.65. The molecule has 4 aliphatic rings. The topological polar surface area (TPSA) is 80.7 Å². The number of Topliss-reactive ketones (excluding diaryl/α,β-unsaturated/α-hetero) is 1. The number of carbonyl (C=O) groups is 3. The highest BCUT2D eigenvalue weighted by atomic mass is 32.1. The second-order valence-electron chi connectivity index (χ2n) is 10.3. The molecule has 0 heterocycles. The second kappa shape index (κ2) is 7.01. The molecule has 7 heteroatoms. The highest BCUT2D eigenvalue weighted by molar-refractivity contribution is 7.81. The fourth-order valence-corrected chi connectivity index (χ4v) is 7.98. The highest BCUT2D eigenvalue weighted by Gasteiger charge is 2.76. The number of allylic oxidation sites excluding steroid dienone is 4. The van der Waals surface area contributed by atoms with Crippen molar-refractivity contribution in [2.24, 2.45) is 28.6 Å². The first kappa shape index (κ1) is 22.7. The van der Waals surface area contributed by atoms with Gasteiger partial charge in [-0.1, -0.05) is 25.5 Å². The number of fused-ring (bicyclic) bond motifs is 5. The summed E-state index contributed by atoms with van der Waals surface area (Å²) in [6, 6.07) is 0. The van der Waals surface area contributed by atoms with Crippen LogP contribution in [-0.2, 0) is 19.1 Å². The number of aliphatic hydroxyl groups excluding tert-OH is 1.